The van der Waals surface area contributed by atoms with Crippen LogP contribution in [0.25, 0.3) is 0 Å². The number of rotatable bonds is 7. The number of fused-ring (bicyclic) bond motifs is 10. The van der Waals surface area contributed by atoms with E-state index in [4.69, 9.17) is 0 Å². The first-order valence-corrected chi connectivity index (χ1v) is 18.2. The zero-order valence-electron chi connectivity index (χ0n) is 16.0. The monoisotopic (exact) mass is 440 g/mol. The Bertz CT molecular complexity index is 1430. The average Bonchev–Trinajstić information content (AvgIpc) is 3.65. The normalized spacial score (nSPS) is 79.6. The summed E-state index contributed by atoms with van der Waals surface area (Å²) in [6.07, 6.45) is 0. The van der Waals surface area contributed by atoms with E-state index in [1.807, 2.05) is 0 Å². The minimum atomic E-state index is -3.62. The molecular weight excluding hydrogens is 415 g/mol. The number of halogens is 1. The maximum atomic E-state index is 13.4. The van der Waals surface area contributed by atoms with Crippen LogP contribution in [0.3, 0.4) is 0 Å². The molecule has 150 valence electrons. The summed E-state index contributed by atoms with van der Waals surface area (Å²) in [5.41, 5.74) is 0.654. The molecule has 3 nitrogen and oxygen atoms in total. The van der Waals surface area contributed by atoms with Crippen molar-refractivity contribution in [2.24, 2.45) is 0 Å². The SMILES string of the molecule is CCN(CC)CS[C]12[CH]3[CH]4[CH]5[C]1(NC(=O)c1ccc(F)cc1)[Fe]45321678[CH]2[CH]1[CH]6[CH]7[CH]28. The zero-order valence-corrected chi connectivity index (χ0v) is 18.0. The molecule has 11 rings (SSSR count). The summed E-state index contributed by atoms with van der Waals surface area (Å²) in [7, 11) is 0. The van der Waals surface area contributed by atoms with E-state index in [1.54, 1.807) is 12.1 Å². The molecule has 10 heterocycles. The van der Waals surface area contributed by atoms with E-state index in [1.165, 1.54) is 12.1 Å². The Morgan fingerprint density at radius 1 is 1.07 bits per heavy atom. The molecule has 1 N–H and O–H groups in total. The molecule has 0 bridgehead atoms. The van der Waals surface area contributed by atoms with Crippen molar-refractivity contribution in [1.29, 1.82) is 0 Å². The Kier molecular flexibility index (Phi) is 0.814. The van der Waals surface area contributed by atoms with E-state index >= 15 is 0 Å². The molecule has 28 heavy (non-hydrogen) atoms. The first-order chi connectivity index (χ1) is 13.3. The molecule has 1 aromatic rings. The fourth-order valence-electron chi connectivity index (χ4n) is 18.5. The fourth-order valence-corrected chi connectivity index (χ4v) is 103. The number of benzene rings is 1. The van der Waals surface area contributed by atoms with E-state index in [2.05, 4.69) is 35.8 Å². The van der Waals surface area contributed by atoms with Crippen molar-refractivity contribution < 1.29 is 15.7 Å². The number of amides is 1. The van der Waals surface area contributed by atoms with Gasteiger partial charge in [0.15, 0.2) is 0 Å². The first-order valence-electron chi connectivity index (χ1n) is 11.0. The number of carbonyl (C=O) groups excluding carboxylic acids is 1. The van der Waals surface area contributed by atoms with Crippen LogP contribution in [0.2, 0.25) is 38.5 Å². The molecule has 10 saturated heterocycles. The van der Waals surface area contributed by atoms with Crippen LogP contribution in [0.4, 0.5) is 4.39 Å². The second-order valence-electron chi connectivity index (χ2n) is 13.2. The van der Waals surface area contributed by atoms with Gasteiger partial charge in [0.25, 0.3) is 0 Å². The number of hydrogen-bond acceptors (Lipinski definition) is 3. The van der Waals surface area contributed by atoms with Crippen molar-refractivity contribution in [1.82, 2.24) is 10.2 Å². The molecule has 1 spiro atoms. The zero-order chi connectivity index (χ0) is 18.6. The number of thioether (sulfide) groups is 1. The molecule has 10 aliphatic heterocycles. The molecule has 0 aromatic heterocycles. The van der Waals surface area contributed by atoms with E-state index in [0.29, 0.717) is 9.21 Å². The first kappa shape index (κ1) is 13.7. The van der Waals surface area contributed by atoms with Crippen molar-refractivity contribution in [2.45, 2.75) is 60.5 Å². The van der Waals surface area contributed by atoms with E-state index in [9.17, 15) is 9.18 Å². The molecule has 6 heteroatoms. The van der Waals surface area contributed by atoms with Crippen molar-refractivity contribution in [3.8, 4) is 0 Å². The topological polar surface area (TPSA) is 32.3 Å². The summed E-state index contributed by atoms with van der Waals surface area (Å²) in [6, 6.07) is 6.20. The van der Waals surface area contributed by atoms with E-state index < -0.39 is 6.51 Å². The van der Waals surface area contributed by atoms with Gasteiger partial charge in [0.05, 0.1) is 0 Å². The molecule has 5 unspecified atom stereocenters. The van der Waals surface area contributed by atoms with Gasteiger partial charge in [0.2, 0.25) is 0 Å². The third kappa shape index (κ3) is 0.233. The van der Waals surface area contributed by atoms with Gasteiger partial charge in [0.1, 0.15) is 0 Å². The molecule has 0 saturated carbocycles. The van der Waals surface area contributed by atoms with Crippen LogP contribution in [0.1, 0.15) is 24.2 Å². The third-order valence-corrected chi connectivity index (χ3v) is 64.9. The van der Waals surface area contributed by atoms with Crippen LogP contribution in [0.15, 0.2) is 24.3 Å². The van der Waals surface area contributed by atoms with E-state index in [0.717, 1.165) is 57.5 Å². The Morgan fingerprint density at radius 2 is 1.68 bits per heavy atom. The van der Waals surface area contributed by atoms with Crippen molar-refractivity contribution in [3.63, 3.8) is 0 Å². The molecule has 0 radical (unpaired) electrons. The summed E-state index contributed by atoms with van der Waals surface area (Å²) < 4.78 is 14.2. The van der Waals surface area contributed by atoms with E-state index in [-0.39, 0.29) is 16.2 Å². The molecular formula is C22H25FFeN2OS. The predicted molar refractivity (Wildman–Crippen MR) is 105 cm³/mol. The fraction of sp³-hybridized carbons (Fsp3) is 0.682. The van der Waals surface area contributed by atoms with Gasteiger partial charge in [-0.3, -0.25) is 0 Å². The van der Waals surface area contributed by atoms with Crippen LogP contribution in [0.5, 0.6) is 0 Å². The third-order valence-electron chi connectivity index (χ3n) is 17.5. The van der Waals surface area contributed by atoms with Crippen molar-refractivity contribution in [2.75, 3.05) is 19.0 Å². The molecule has 1 amide bonds. The minimum absolute atomic E-state index is 0.0934. The summed E-state index contributed by atoms with van der Waals surface area (Å²) in [5, 5.41) is 3.80. The van der Waals surface area contributed by atoms with Gasteiger partial charge in [-0.15, -0.1) is 0 Å². The van der Waals surface area contributed by atoms with Crippen LogP contribution in [-0.2, 0) is 6.51 Å². The summed E-state index contributed by atoms with van der Waals surface area (Å²) in [4.78, 5) is 25.0. The molecule has 0 aliphatic carbocycles. The predicted octanol–water partition coefficient (Wildman–Crippen LogP) is 4.79. The van der Waals surface area contributed by atoms with Gasteiger partial charge in [0, 0.05) is 0 Å². The molecule has 1 aromatic carbocycles. The van der Waals surface area contributed by atoms with Crippen molar-refractivity contribution in [3.05, 3.63) is 35.6 Å². The number of hydrogen-bond donors (Lipinski definition) is 1. The summed E-state index contributed by atoms with van der Waals surface area (Å²) >= 11 is 2.34. The molecule has 10 fully saturated rings. The van der Waals surface area contributed by atoms with Crippen LogP contribution in [0, 0.1) is 5.82 Å². The quantitative estimate of drug-likeness (QED) is 0.489. The van der Waals surface area contributed by atoms with Crippen LogP contribution < -0.4 is 5.32 Å². The van der Waals surface area contributed by atoms with Gasteiger partial charge in [-0.2, -0.15) is 0 Å². The van der Waals surface area contributed by atoms with Gasteiger partial charge >= 0.3 is 159 Å². The second-order valence-corrected chi connectivity index (χ2v) is 38.0. The Morgan fingerprint density at radius 3 is 2.18 bits per heavy atom. The summed E-state index contributed by atoms with van der Waals surface area (Å²) in [5.74, 6) is 0.991. The van der Waals surface area contributed by atoms with Crippen molar-refractivity contribution >= 4 is 17.7 Å². The van der Waals surface area contributed by atoms with Gasteiger partial charge in [-0.25, -0.2) is 0 Å². The van der Waals surface area contributed by atoms with Gasteiger partial charge < -0.3 is 0 Å². The van der Waals surface area contributed by atoms with Crippen LogP contribution in [-0.4, -0.2) is 37.9 Å². The molecule has 10 aliphatic rings. The van der Waals surface area contributed by atoms with Gasteiger partial charge in [-0.05, 0) is 0 Å². The Labute approximate surface area is 158 Å². The number of nitrogens with one attached hydrogen (secondary N) is 1. The maximum absolute atomic E-state index is 13.4. The Balaban J connectivity index is 1.10. The number of nitrogens with zero attached hydrogens (tertiary/aromatic N) is 1. The van der Waals surface area contributed by atoms with Crippen LogP contribution >= 0.6 is 11.8 Å². The second kappa shape index (κ2) is 1.66. The average molecular weight is 440 g/mol. The molecule has 5 atom stereocenters. The summed E-state index contributed by atoms with van der Waals surface area (Å²) in [6.45, 7) is 3.17. The Hall–Kier alpha value is -0.551. The van der Waals surface area contributed by atoms with Gasteiger partial charge in [-0.1, -0.05) is 0 Å². The standard InChI is InChI=1S/C17H20FN2OS.C5H5.Fe/c1-3-20(4-2)12-22-16-7-5-6-15(16)19-17(21)13-8-10-14(18)11-9-13;1-2-4-5-3-1;/h5-11H,3-4,12H2,1-2H3,(H,19,21);1-5H;. The number of carbonyl (C=O) groups is 1.